The van der Waals surface area contributed by atoms with E-state index in [1.165, 1.54) is 0 Å². The molecule has 3 nitrogen and oxygen atoms in total. The van der Waals surface area contributed by atoms with Crippen LogP contribution < -0.4 is 5.32 Å². The Balaban J connectivity index is 2.72. The molecule has 1 rings (SSSR count). The lowest BCUT2D eigenvalue weighted by atomic mass is 10.4. The third-order valence-electron chi connectivity index (χ3n) is 1.26. The van der Waals surface area contributed by atoms with E-state index in [1.807, 2.05) is 13.8 Å². The van der Waals surface area contributed by atoms with Crippen LogP contribution in [0.5, 0.6) is 0 Å². The Morgan fingerprint density at radius 2 is 2.14 bits per heavy atom. The third-order valence-corrected chi connectivity index (χ3v) is 2.02. The number of rotatable bonds is 3. The Labute approximate surface area is 83.5 Å². The number of H-pyrrole nitrogens is 1. The number of aromatic amines is 1. The molecule has 0 aliphatic rings. The van der Waals surface area contributed by atoms with Gasteiger partial charge in [0.2, 0.25) is 0 Å². The molecule has 0 unspecified atom stereocenters. The van der Waals surface area contributed by atoms with Gasteiger partial charge in [0, 0.05) is 6.04 Å². The van der Waals surface area contributed by atoms with E-state index >= 15 is 0 Å². The Morgan fingerprint density at radius 1 is 1.50 bits per heavy atom. The molecule has 0 fully saturated rings. The van der Waals surface area contributed by atoms with Gasteiger partial charge in [0.05, 0.1) is 11.1 Å². The number of anilines is 1. The number of halogens is 3. The van der Waals surface area contributed by atoms with Crippen molar-refractivity contribution < 1.29 is 13.2 Å². The summed E-state index contributed by atoms with van der Waals surface area (Å²) in [7, 11) is 0. The summed E-state index contributed by atoms with van der Waals surface area (Å²) < 4.78 is 36.1. The lowest BCUT2D eigenvalue weighted by molar-refractivity contribution is -0.0327. The molecule has 0 saturated carbocycles. The van der Waals surface area contributed by atoms with Crippen LogP contribution in [0, 0.1) is 0 Å². The number of alkyl halides is 3. The van der Waals surface area contributed by atoms with Gasteiger partial charge in [0.25, 0.3) is 0 Å². The Kier molecular flexibility index (Phi) is 3.30. The van der Waals surface area contributed by atoms with Crippen LogP contribution in [0.4, 0.5) is 19.0 Å². The van der Waals surface area contributed by atoms with Crippen molar-refractivity contribution in [3.8, 4) is 0 Å². The molecule has 0 aromatic carbocycles. The highest BCUT2D eigenvalue weighted by Gasteiger charge is 2.31. The van der Waals surface area contributed by atoms with Crippen LogP contribution in [-0.4, -0.2) is 21.7 Å². The summed E-state index contributed by atoms with van der Waals surface area (Å²) in [6.07, 6.45) is 1.16. The zero-order valence-corrected chi connectivity index (χ0v) is 8.46. The summed E-state index contributed by atoms with van der Waals surface area (Å²) in [4.78, 5) is 0.0613. The summed E-state index contributed by atoms with van der Waals surface area (Å²) in [5.41, 5.74) is -4.28. The number of hydrogen-bond acceptors (Lipinski definition) is 3. The van der Waals surface area contributed by atoms with Crippen molar-refractivity contribution >= 4 is 17.6 Å². The molecule has 1 aromatic rings. The summed E-state index contributed by atoms with van der Waals surface area (Å²) in [6, 6.07) is 0.0584. The lowest BCUT2D eigenvalue weighted by Crippen LogP contribution is -2.11. The third kappa shape index (κ3) is 3.49. The molecule has 0 aliphatic carbocycles. The van der Waals surface area contributed by atoms with Gasteiger partial charge in [0.15, 0.2) is 0 Å². The van der Waals surface area contributed by atoms with E-state index in [4.69, 9.17) is 0 Å². The van der Waals surface area contributed by atoms with Crippen molar-refractivity contribution in [1.82, 2.24) is 10.2 Å². The van der Waals surface area contributed by atoms with Gasteiger partial charge in [-0.1, -0.05) is 0 Å². The maximum Gasteiger partial charge on any atom is 0.446 e. The van der Waals surface area contributed by atoms with Crippen molar-refractivity contribution in [1.29, 1.82) is 0 Å². The number of nitrogens with zero attached hydrogens (tertiary/aromatic N) is 1. The van der Waals surface area contributed by atoms with Crippen LogP contribution in [0.3, 0.4) is 0 Å². The minimum absolute atomic E-state index is 0.0584. The summed E-state index contributed by atoms with van der Waals surface area (Å²) in [6.45, 7) is 3.67. The van der Waals surface area contributed by atoms with E-state index in [9.17, 15) is 13.2 Å². The minimum atomic E-state index is -4.28. The molecule has 0 radical (unpaired) electrons. The maximum absolute atomic E-state index is 12.0. The molecule has 2 N–H and O–H groups in total. The van der Waals surface area contributed by atoms with Crippen LogP contribution in [-0.2, 0) is 0 Å². The molecule has 1 heterocycles. The van der Waals surface area contributed by atoms with E-state index in [0.717, 1.165) is 6.20 Å². The Morgan fingerprint density at radius 3 is 2.64 bits per heavy atom. The molecule has 0 bridgehead atoms. The van der Waals surface area contributed by atoms with Crippen LogP contribution in [0.2, 0.25) is 0 Å². The number of thioether (sulfide) groups is 1. The van der Waals surface area contributed by atoms with Crippen molar-refractivity contribution in [2.24, 2.45) is 0 Å². The number of nitrogens with one attached hydrogen (secondary N) is 2. The predicted molar refractivity (Wildman–Crippen MR) is 49.3 cm³/mol. The molecule has 80 valence electrons. The molecule has 0 spiro atoms. The van der Waals surface area contributed by atoms with Crippen molar-refractivity contribution in [2.45, 2.75) is 30.3 Å². The smallest absolute Gasteiger partial charge is 0.367 e. The SMILES string of the molecule is CC(C)Nc1[nH]ncc1SC(F)(F)F. The summed E-state index contributed by atoms with van der Waals surface area (Å²) >= 11 is -0.180. The van der Waals surface area contributed by atoms with Gasteiger partial charge in [-0.2, -0.15) is 18.3 Å². The van der Waals surface area contributed by atoms with Gasteiger partial charge in [-0.05, 0) is 25.6 Å². The fraction of sp³-hybridized carbons (Fsp3) is 0.571. The first-order chi connectivity index (χ1) is 6.38. The second-order valence-electron chi connectivity index (χ2n) is 2.96. The molecule has 1 aromatic heterocycles. The van der Waals surface area contributed by atoms with E-state index in [0.29, 0.717) is 5.82 Å². The minimum Gasteiger partial charge on any atom is -0.367 e. The van der Waals surface area contributed by atoms with Crippen LogP contribution >= 0.6 is 11.8 Å². The Bertz CT molecular complexity index is 295. The summed E-state index contributed by atoms with van der Waals surface area (Å²) in [5.74, 6) is 0.308. The Hall–Kier alpha value is -0.850. The largest absolute Gasteiger partial charge is 0.446 e. The second-order valence-corrected chi connectivity index (χ2v) is 4.06. The van der Waals surface area contributed by atoms with Crippen LogP contribution in [0.15, 0.2) is 11.1 Å². The highest BCUT2D eigenvalue weighted by atomic mass is 32.2. The zero-order chi connectivity index (χ0) is 10.8. The zero-order valence-electron chi connectivity index (χ0n) is 7.64. The van der Waals surface area contributed by atoms with Gasteiger partial charge in [-0.15, -0.1) is 0 Å². The van der Waals surface area contributed by atoms with E-state index < -0.39 is 5.51 Å². The van der Waals surface area contributed by atoms with Gasteiger partial charge in [-0.25, -0.2) is 0 Å². The van der Waals surface area contributed by atoms with Gasteiger partial charge in [0.1, 0.15) is 5.82 Å². The fourth-order valence-electron chi connectivity index (χ4n) is 0.869. The molecule has 14 heavy (non-hydrogen) atoms. The second kappa shape index (κ2) is 4.12. The highest BCUT2D eigenvalue weighted by Crippen LogP contribution is 2.39. The molecular weight excluding hydrogens is 215 g/mol. The van der Waals surface area contributed by atoms with Gasteiger partial charge < -0.3 is 5.32 Å². The quantitative estimate of drug-likeness (QED) is 0.777. The monoisotopic (exact) mass is 225 g/mol. The molecule has 0 amide bonds. The first-order valence-electron chi connectivity index (χ1n) is 3.94. The topological polar surface area (TPSA) is 40.7 Å². The average Bonchev–Trinajstić information content (AvgIpc) is 2.32. The van der Waals surface area contributed by atoms with Gasteiger partial charge >= 0.3 is 5.51 Å². The van der Waals surface area contributed by atoms with Crippen LogP contribution in [0.1, 0.15) is 13.8 Å². The van der Waals surface area contributed by atoms with Gasteiger partial charge in [-0.3, -0.25) is 5.10 Å². The van der Waals surface area contributed by atoms with Crippen molar-refractivity contribution in [2.75, 3.05) is 5.32 Å². The molecule has 0 saturated heterocycles. The molecule has 0 atom stereocenters. The fourth-order valence-corrected chi connectivity index (χ4v) is 1.43. The standard InChI is InChI=1S/C7H10F3N3S/c1-4(2)12-6-5(3-11-13-6)14-7(8,9)10/h3-4H,1-2H3,(H2,11,12,13). The highest BCUT2D eigenvalue weighted by molar-refractivity contribution is 8.00. The average molecular weight is 225 g/mol. The van der Waals surface area contributed by atoms with E-state index in [2.05, 4.69) is 15.5 Å². The first-order valence-corrected chi connectivity index (χ1v) is 4.76. The van der Waals surface area contributed by atoms with Crippen LogP contribution in [0.25, 0.3) is 0 Å². The lowest BCUT2D eigenvalue weighted by Gasteiger charge is -2.10. The van der Waals surface area contributed by atoms with E-state index in [-0.39, 0.29) is 22.7 Å². The molecular formula is C7H10F3N3S. The number of aromatic nitrogens is 2. The maximum atomic E-state index is 12.0. The predicted octanol–water partition coefficient (Wildman–Crippen LogP) is 2.84. The van der Waals surface area contributed by atoms with E-state index in [1.54, 1.807) is 0 Å². The molecule has 7 heteroatoms. The van der Waals surface area contributed by atoms with Crippen molar-refractivity contribution in [3.05, 3.63) is 6.20 Å². The first kappa shape index (κ1) is 11.2. The summed E-state index contributed by atoms with van der Waals surface area (Å²) in [5, 5.41) is 8.87. The normalized spacial score (nSPS) is 12.1. The van der Waals surface area contributed by atoms with Crippen molar-refractivity contribution in [3.63, 3.8) is 0 Å². The molecule has 0 aliphatic heterocycles. The number of hydrogen-bond donors (Lipinski definition) is 2.